The third kappa shape index (κ3) is 4.63. The van der Waals surface area contributed by atoms with Crippen LogP contribution < -0.4 is 15.4 Å². The summed E-state index contributed by atoms with van der Waals surface area (Å²) in [7, 11) is 3.32. The molecule has 0 aliphatic rings. The fourth-order valence-electron chi connectivity index (χ4n) is 1.43. The van der Waals surface area contributed by atoms with E-state index in [2.05, 4.69) is 10.6 Å². The standard InChI is InChI=1S/C12H17ClN2O2/c1-14-8-12(16)15-6-5-9-3-4-11(17-2)10(13)7-9/h3-4,7,14H,5-6,8H2,1-2H3,(H,15,16). The van der Waals surface area contributed by atoms with Crippen molar-refractivity contribution in [3.8, 4) is 5.75 Å². The summed E-state index contributed by atoms with van der Waals surface area (Å²) in [6.07, 6.45) is 0.749. The van der Waals surface area contributed by atoms with Gasteiger partial charge in [-0.25, -0.2) is 0 Å². The first-order chi connectivity index (χ1) is 8.17. The Morgan fingerprint density at radius 1 is 1.47 bits per heavy atom. The van der Waals surface area contributed by atoms with Gasteiger partial charge in [0, 0.05) is 6.54 Å². The SMILES string of the molecule is CNCC(=O)NCCc1ccc(OC)c(Cl)c1. The van der Waals surface area contributed by atoms with Gasteiger partial charge in [-0.1, -0.05) is 17.7 Å². The second kappa shape index (κ2) is 7.14. The van der Waals surface area contributed by atoms with Gasteiger partial charge in [-0.2, -0.15) is 0 Å². The molecule has 0 bridgehead atoms. The lowest BCUT2D eigenvalue weighted by Crippen LogP contribution is -2.33. The van der Waals surface area contributed by atoms with E-state index >= 15 is 0 Å². The van der Waals surface area contributed by atoms with E-state index in [1.54, 1.807) is 14.2 Å². The van der Waals surface area contributed by atoms with Crippen molar-refractivity contribution in [2.24, 2.45) is 0 Å². The number of nitrogens with one attached hydrogen (secondary N) is 2. The minimum atomic E-state index is -0.00731. The molecule has 2 N–H and O–H groups in total. The molecule has 0 aliphatic heterocycles. The number of likely N-dealkylation sites (N-methyl/N-ethyl adjacent to an activating group) is 1. The van der Waals surface area contributed by atoms with Gasteiger partial charge >= 0.3 is 0 Å². The molecule has 0 atom stereocenters. The molecular formula is C12H17ClN2O2. The average molecular weight is 257 g/mol. The summed E-state index contributed by atoms with van der Waals surface area (Å²) in [5, 5.41) is 6.18. The number of carbonyl (C=O) groups is 1. The maximum Gasteiger partial charge on any atom is 0.233 e. The molecule has 0 saturated heterocycles. The quantitative estimate of drug-likeness (QED) is 0.805. The van der Waals surface area contributed by atoms with E-state index in [4.69, 9.17) is 16.3 Å². The van der Waals surface area contributed by atoms with Crippen molar-refractivity contribution in [1.82, 2.24) is 10.6 Å². The molecule has 1 rings (SSSR count). The maximum absolute atomic E-state index is 11.2. The zero-order chi connectivity index (χ0) is 12.7. The molecule has 0 aliphatic carbocycles. The number of carbonyl (C=O) groups excluding carboxylic acids is 1. The smallest absolute Gasteiger partial charge is 0.233 e. The van der Waals surface area contributed by atoms with Gasteiger partial charge in [-0.15, -0.1) is 0 Å². The Morgan fingerprint density at radius 3 is 2.82 bits per heavy atom. The highest BCUT2D eigenvalue weighted by Crippen LogP contribution is 2.24. The normalized spacial score (nSPS) is 10.1. The number of hydrogen-bond donors (Lipinski definition) is 2. The molecule has 0 spiro atoms. The molecule has 1 aromatic rings. The highest BCUT2D eigenvalue weighted by molar-refractivity contribution is 6.32. The second-order valence-electron chi connectivity index (χ2n) is 3.60. The lowest BCUT2D eigenvalue weighted by atomic mass is 10.1. The van der Waals surface area contributed by atoms with Crippen LogP contribution in [0.1, 0.15) is 5.56 Å². The third-order valence-corrected chi connectivity index (χ3v) is 2.58. The highest BCUT2D eigenvalue weighted by Gasteiger charge is 2.02. The number of methoxy groups -OCH3 is 1. The predicted octanol–water partition coefficient (Wildman–Crippen LogP) is 1.23. The van der Waals surface area contributed by atoms with E-state index in [9.17, 15) is 4.79 Å². The van der Waals surface area contributed by atoms with Crippen LogP contribution >= 0.6 is 11.6 Å². The molecule has 0 saturated carbocycles. The van der Waals surface area contributed by atoms with Crippen LogP contribution in [0.25, 0.3) is 0 Å². The second-order valence-corrected chi connectivity index (χ2v) is 4.01. The molecule has 1 amide bonds. The number of hydrogen-bond acceptors (Lipinski definition) is 3. The van der Waals surface area contributed by atoms with Crippen LogP contribution in [0.3, 0.4) is 0 Å². The fourth-order valence-corrected chi connectivity index (χ4v) is 1.71. The summed E-state index contributed by atoms with van der Waals surface area (Å²) in [6, 6.07) is 5.62. The van der Waals surface area contributed by atoms with Gasteiger partial charge in [0.25, 0.3) is 0 Å². The van der Waals surface area contributed by atoms with Gasteiger partial charge in [0.15, 0.2) is 0 Å². The summed E-state index contributed by atoms with van der Waals surface area (Å²) < 4.78 is 5.06. The Labute approximate surface area is 106 Å². The summed E-state index contributed by atoms with van der Waals surface area (Å²) in [5.41, 5.74) is 1.07. The first kappa shape index (κ1) is 13.8. The van der Waals surface area contributed by atoms with Crippen molar-refractivity contribution >= 4 is 17.5 Å². The number of ether oxygens (including phenoxy) is 1. The van der Waals surface area contributed by atoms with Crippen molar-refractivity contribution in [3.05, 3.63) is 28.8 Å². The van der Waals surface area contributed by atoms with E-state index in [0.29, 0.717) is 23.9 Å². The van der Waals surface area contributed by atoms with Crippen LogP contribution in [0, 0.1) is 0 Å². The first-order valence-corrected chi connectivity index (χ1v) is 5.79. The van der Waals surface area contributed by atoms with E-state index < -0.39 is 0 Å². The van der Waals surface area contributed by atoms with Crippen LogP contribution in [-0.2, 0) is 11.2 Å². The van der Waals surface area contributed by atoms with Crippen molar-refractivity contribution in [2.45, 2.75) is 6.42 Å². The minimum absolute atomic E-state index is 0.00731. The molecule has 17 heavy (non-hydrogen) atoms. The van der Waals surface area contributed by atoms with Gasteiger partial charge < -0.3 is 15.4 Å². The molecule has 0 radical (unpaired) electrons. The van der Waals surface area contributed by atoms with Crippen molar-refractivity contribution < 1.29 is 9.53 Å². The van der Waals surface area contributed by atoms with Gasteiger partial charge in [0.2, 0.25) is 5.91 Å². The van der Waals surface area contributed by atoms with Gasteiger partial charge in [0.1, 0.15) is 5.75 Å². The Hall–Kier alpha value is -1.26. The molecule has 0 heterocycles. The lowest BCUT2D eigenvalue weighted by molar-refractivity contribution is -0.120. The molecule has 1 aromatic carbocycles. The van der Waals surface area contributed by atoms with E-state index in [1.807, 2.05) is 18.2 Å². The summed E-state index contributed by atoms with van der Waals surface area (Å²) in [5.74, 6) is 0.654. The Kier molecular flexibility index (Phi) is 5.80. The zero-order valence-electron chi connectivity index (χ0n) is 10.0. The molecule has 0 aromatic heterocycles. The highest BCUT2D eigenvalue weighted by atomic mass is 35.5. The molecule has 0 fully saturated rings. The van der Waals surface area contributed by atoms with Crippen LogP contribution in [-0.4, -0.2) is 33.2 Å². The molecule has 0 unspecified atom stereocenters. The van der Waals surface area contributed by atoms with Crippen molar-refractivity contribution in [3.63, 3.8) is 0 Å². The Balaban J connectivity index is 2.42. The lowest BCUT2D eigenvalue weighted by Gasteiger charge is -2.07. The topological polar surface area (TPSA) is 50.4 Å². The van der Waals surface area contributed by atoms with Gasteiger partial charge in [-0.3, -0.25) is 4.79 Å². The monoisotopic (exact) mass is 256 g/mol. The van der Waals surface area contributed by atoms with Crippen LogP contribution in [0.4, 0.5) is 0 Å². The maximum atomic E-state index is 11.2. The van der Waals surface area contributed by atoms with E-state index in [0.717, 1.165) is 12.0 Å². The molecule has 5 heteroatoms. The van der Waals surface area contributed by atoms with Crippen molar-refractivity contribution in [1.29, 1.82) is 0 Å². The number of halogens is 1. The van der Waals surface area contributed by atoms with Crippen LogP contribution in [0.2, 0.25) is 5.02 Å². The van der Waals surface area contributed by atoms with Crippen molar-refractivity contribution in [2.75, 3.05) is 27.2 Å². The fraction of sp³-hybridized carbons (Fsp3) is 0.417. The summed E-state index contributed by atoms with van der Waals surface area (Å²) >= 11 is 6.00. The first-order valence-electron chi connectivity index (χ1n) is 5.41. The minimum Gasteiger partial charge on any atom is -0.495 e. The average Bonchev–Trinajstić information content (AvgIpc) is 2.29. The number of rotatable bonds is 6. The van der Waals surface area contributed by atoms with Gasteiger partial charge in [-0.05, 0) is 31.2 Å². The van der Waals surface area contributed by atoms with Gasteiger partial charge in [0.05, 0.1) is 18.7 Å². The predicted molar refractivity (Wildman–Crippen MR) is 68.6 cm³/mol. The Morgan fingerprint density at radius 2 is 2.24 bits per heavy atom. The largest absolute Gasteiger partial charge is 0.495 e. The molecule has 4 nitrogen and oxygen atoms in total. The number of benzene rings is 1. The van der Waals surface area contributed by atoms with Crippen LogP contribution in [0.5, 0.6) is 5.75 Å². The summed E-state index contributed by atoms with van der Waals surface area (Å²) in [6.45, 7) is 0.937. The van der Waals surface area contributed by atoms with E-state index in [-0.39, 0.29) is 5.91 Å². The Bertz CT molecular complexity index is 383. The van der Waals surface area contributed by atoms with E-state index in [1.165, 1.54) is 0 Å². The molecule has 94 valence electrons. The third-order valence-electron chi connectivity index (χ3n) is 2.29. The zero-order valence-corrected chi connectivity index (χ0v) is 10.8. The van der Waals surface area contributed by atoms with Crippen LogP contribution in [0.15, 0.2) is 18.2 Å². The number of amides is 1. The summed E-state index contributed by atoms with van der Waals surface area (Å²) in [4.78, 5) is 11.2. The molecular weight excluding hydrogens is 240 g/mol.